The summed E-state index contributed by atoms with van der Waals surface area (Å²) in [6, 6.07) is 0. The molecule has 2 saturated heterocycles. The lowest BCUT2D eigenvalue weighted by Gasteiger charge is -2.34. The summed E-state index contributed by atoms with van der Waals surface area (Å²) in [4.78, 5) is 2.50. The lowest BCUT2D eigenvalue weighted by molar-refractivity contribution is -0.0846. The molecule has 106 valence electrons. The van der Waals surface area contributed by atoms with Gasteiger partial charge in [-0.05, 0) is 45.1 Å². The molecule has 0 aromatic heterocycles. The van der Waals surface area contributed by atoms with Gasteiger partial charge in [-0.15, -0.1) is 0 Å². The largest absolute Gasteiger partial charge is 0.396 e. The van der Waals surface area contributed by atoms with Crippen LogP contribution in [0.4, 0.5) is 0 Å². The van der Waals surface area contributed by atoms with Crippen LogP contribution in [0.3, 0.4) is 0 Å². The highest BCUT2D eigenvalue weighted by atomic mass is 16.5. The molecule has 0 aromatic rings. The number of hydrogen-bond acceptors (Lipinski definition) is 4. The maximum Gasteiger partial charge on any atom is 0.0622 e. The molecule has 2 aliphatic heterocycles. The Kier molecular flexibility index (Phi) is 6.41. The Labute approximate surface area is 110 Å². The van der Waals surface area contributed by atoms with Crippen molar-refractivity contribution in [2.45, 2.75) is 50.7 Å². The zero-order chi connectivity index (χ0) is 12.6. The van der Waals surface area contributed by atoms with Gasteiger partial charge in [-0.25, -0.2) is 0 Å². The van der Waals surface area contributed by atoms with Gasteiger partial charge in [-0.2, -0.15) is 0 Å². The van der Waals surface area contributed by atoms with Gasteiger partial charge in [0.05, 0.1) is 12.2 Å². The number of rotatable bonds is 6. The summed E-state index contributed by atoms with van der Waals surface area (Å²) in [6.45, 7) is 5.49. The van der Waals surface area contributed by atoms with E-state index in [-0.39, 0.29) is 0 Å². The van der Waals surface area contributed by atoms with Crippen molar-refractivity contribution in [1.82, 2.24) is 4.90 Å². The maximum absolute atomic E-state index is 8.77. The average molecular weight is 257 g/mol. The summed E-state index contributed by atoms with van der Waals surface area (Å²) in [6.07, 6.45) is 7.40. The minimum atomic E-state index is 0.323. The van der Waals surface area contributed by atoms with Gasteiger partial charge in [0, 0.05) is 32.9 Å². The number of aliphatic hydroxyl groups excluding tert-OH is 1. The first-order chi connectivity index (χ1) is 8.88. The Morgan fingerprint density at radius 3 is 2.33 bits per heavy atom. The van der Waals surface area contributed by atoms with Crippen molar-refractivity contribution in [3.63, 3.8) is 0 Å². The minimum absolute atomic E-state index is 0.323. The molecule has 0 bridgehead atoms. The third kappa shape index (κ3) is 4.84. The van der Waals surface area contributed by atoms with Crippen LogP contribution in [-0.4, -0.2) is 61.7 Å². The van der Waals surface area contributed by atoms with Crippen LogP contribution in [0, 0.1) is 0 Å². The summed E-state index contributed by atoms with van der Waals surface area (Å²) in [5.74, 6) is 0. The van der Waals surface area contributed by atoms with E-state index in [9.17, 15) is 0 Å². The molecule has 0 aliphatic carbocycles. The zero-order valence-electron chi connectivity index (χ0n) is 11.4. The fourth-order valence-electron chi connectivity index (χ4n) is 2.80. The summed E-state index contributed by atoms with van der Waals surface area (Å²) in [5, 5.41) is 8.77. The second-order valence-corrected chi connectivity index (χ2v) is 5.42. The van der Waals surface area contributed by atoms with Gasteiger partial charge in [0.15, 0.2) is 0 Å². The predicted molar refractivity (Wildman–Crippen MR) is 70.7 cm³/mol. The highest BCUT2D eigenvalue weighted by Crippen LogP contribution is 2.20. The average Bonchev–Trinajstić information content (AvgIpc) is 2.42. The van der Waals surface area contributed by atoms with E-state index < -0.39 is 0 Å². The molecule has 4 nitrogen and oxygen atoms in total. The minimum Gasteiger partial charge on any atom is -0.396 e. The van der Waals surface area contributed by atoms with E-state index in [1.165, 1.54) is 0 Å². The molecule has 4 heteroatoms. The number of nitrogens with zero attached hydrogens (tertiary/aromatic N) is 1. The molecule has 2 aliphatic rings. The quantitative estimate of drug-likeness (QED) is 0.731. The molecule has 2 heterocycles. The molecule has 0 unspecified atom stereocenters. The van der Waals surface area contributed by atoms with E-state index in [1.54, 1.807) is 0 Å². The van der Waals surface area contributed by atoms with Crippen molar-refractivity contribution in [2.75, 3.05) is 39.5 Å². The molecule has 0 aromatic carbocycles. The van der Waals surface area contributed by atoms with Gasteiger partial charge in [0.1, 0.15) is 0 Å². The summed E-state index contributed by atoms with van der Waals surface area (Å²) < 4.78 is 11.5. The van der Waals surface area contributed by atoms with E-state index >= 15 is 0 Å². The SMILES string of the molecule is OCCCCN1CCC(OC2CCOCC2)CC1. The molecule has 0 saturated carbocycles. The molecule has 2 rings (SSSR count). The Hall–Kier alpha value is -0.160. The van der Waals surface area contributed by atoms with E-state index in [0.29, 0.717) is 18.8 Å². The number of unbranched alkanes of at least 4 members (excludes halogenated alkanes) is 1. The molecular formula is C14H27NO3. The molecule has 18 heavy (non-hydrogen) atoms. The van der Waals surface area contributed by atoms with Gasteiger partial charge in [0.2, 0.25) is 0 Å². The number of aliphatic hydroxyl groups is 1. The summed E-state index contributed by atoms with van der Waals surface area (Å²) in [5.41, 5.74) is 0. The van der Waals surface area contributed by atoms with E-state index in [0.717, 1.165) is 71.4 Å². The first kappa shape index (κ1) is 14.3. The van der Waals surface area contributed by atoms with Gasteiger partial charge >= 0.3 is 0 Å². The van der Waals surface area contributed by atoms with Crippen LogP contribution in [-0.2, 0) is 9.47 Å². The van der Waals surface area contributed by atoms with Crippen molar-refractivity contribution in [3.8, 4) is 0 Å². The maximum atomic E-state index is 8.77. The Morgan fingerprint density at radius 2 is 1.67 bits per heavy atom. The fourth-order valence-corrected chi connectivity index (χ4v) is 2.80. The normalized spacial score (nSPS) is 24.5. The standard InChI is InChI=1S/C14H27NO3/c16-10-2-1-7-15-8-3-13(4-9-15)18-14-5-11-17-12-6-14/h13-14,16H,1-12H2. The van der Waals surface area contributed by atoms with Gasteiger partial charge in [-0.3, -0.25) is 0 Å². The highest BCUT2D eigenvalue weighted by molar-refractivity contribution is 4.75. The number of likely N-dealkylation sites (tertiary alicyclic amines) is 1. The second-order valence-electron chi connectivity index (χ2n) is 5.42. The summed E-state index contributed by atoms with van der Waals surface area (Å²) in [7, 11) is 0. The Bertz CT molecular complexity index is 211. The Balaban J connectivity index is 1.57. The van der Waals surface area contributed by atoms with Crippen molar-refractivity contribution < 1.29 is 14.6 Å². The molecule has 0 radical (unpaired) electrons. The van der Waals surface area contributed by atoms with E-state index in [1.807, 2.05) is 0 Å². The zero-order valence-corrected chi connectivity index (χ0v) is 11.4. The number of piperidine rings is 1. The van der Waals surface area contributed by atoms with Crippen LogP contribution in [0.2, 0.25) is 0 Å². The van der Waals surface area contributed by atoms with E-state index in [4.69, 9.17) is 14.6 Å². The number of hydrogen-bond donors (Lipinski definition) is 1. The fraction of sp³-hybridized carbons (Fsp3) is 1.00. The monoisotopic (exact) mass is 257 g/mol. The predicted octanol–water partition coefficient (Wildman–Crippen LogP) is 1.42. The van der Waals surface area contributed by atoms with Crippen molar-refractivity contribution in [1.29, 1.82) is 0 Å². The molecule has 0 amide bonds. The van der Waals surface area contributed by atoms with Crippen LogP contribution in [0.1, 0.15) is 38.5 Å². The summed E-state index contributed by atoms with van der Waals surface area (Å²) >= 11 is 0. The molecule has 0 atom stereocenters. The van der Waals surface area contributed by atoms with Crippen LogP contribution in [0.25, 0.3) is 0 Å². The van der Waals surface area contributed by atoms with E-state index in [2.05, 4.69) is 4.90 Å². The second kappa shape index (κ2) is 8.10. The third-order valence-electron chi connectivity index (χ3n) is 3.97. The third-order valence-corrected chi connectivity index (χ3v) is 3.97. The van der Waals surface area contributed by atoms with Gasteiger partial charge in [0.25, 0.3) is 0 Å². The first-order valence-corrected chi connectivity index (χ1v) is 7.45. The van der Waals surface area contributed by atoms with Crippen LogP contribution < -0.4 is 0 Å². The van der Waals surface area contributed by atoms with Crippen LogP contribution >= 0.6 is 0 Å². The van der Waals surface area contributed by atoms with Crippen molar-refractivity contribution >= 4 is 0 Å². The molecule has 0 spiro atoms. The first-order valence-electron chi connectivity index (χ1n) is 7.45. The molecular weight excluding hydrogens is 230 g/mol. The number of ether oxygens (including phenoxy) is 2. The topological polar surface area (TPSA) is 41.9 Å². The lowest BCUT2D eigenvalue weighted by atomic mass is 10.1. The Morgan fingerprint density at radius 1 is 1.00 bits per heavy atom. The molecule has 2 fully saturated rings. The smallest absolute Gasteiger partial charge is 0.0622 e. The molecule has 1 N–H and O–H groups in total. The lowest BCUT2D eigenvalue weighted by Crippen LogP contribution is -2.39. The van der Waals surface area contributed by atoms with Gasteiger partial charge < -0.3 is 19.5 Å². The van der Waals surface area contributed by atoms with Crippen molar-refractivity contribution in [2.24, 2.45) is 0 Å². The van der Waals surface area contributed by atoms with Crippen LogP contribution in [0.15, 0.2) is 0 Å². The van der Waals surface area contributed by atoms with Crippen LogP contribution in [0.5, 0.6) is 0 Å². The van der Waals surface area contributed by atoms with Crippen molar-refractivity contribution in [3.05, 3.63) is 0 Å². The highest BCUT2D eigenvalue weighted by Gasteiger charge is 2.23. The van der Waals surface area contributed by atoms with Gasteiger partial charge in [-0.1, -0.05) is 0 Å².